The van der Waals surface area contributed by atoms with Gasteiger partial charge >= 0.3 is 5.97 Å². The number of carbonyl (C=O) groups is 2. The van der Waals surface area contributed by atoms with E-state index in [0.717, 1.165) is 0 Å². The first-order chi connectivity index (χ1) is 8.68. The molecule has 0 radical (unpaired) electrons. The van der Waals surface area contributed by atoms with Gasteiger partial charge < -0.3 is 5.11 Å². The summed E-state index contributed by atoms with van der Waals surface area (Å²) in [4.78, 5) is 24.2. The molecule has 2 rings (SSSR count). The number of benzene rings is 1. The highest BCUT2D eigenvalue weighted by Gasteiger charge is 2.20. The molecule has 0 spiro atoms. The molecule has 1 amide bonds. The van der Waals surface area contributed by atoms with E-state index in [0.29, 0.717) is 11.3 Å². The number of aromatic amines is 1. The monoisotopic (exact) mass is 245 g/mol. The van der Waals surface area contributed by atoms with Gasteiger partial charge in [0.1, 0.15) is 6.54 Å². The first kappa shape index (κ1) is 11.8. The normalized spacial score (nSPS) is 10.0. The molecular weight excluding hydrogens is 234 g/mol. The number of para-hydroxylation sites is 1. The Hall–Kier alpha value is -2.63. The fraction of sp³-hybridized carbons (Fsp3) is 0.0833. The Balaban J connectivity index is 2.31. The number of amides is 1. The van der Waals surface area contributed by atoms with Crippen molar-refractivity contribution in [2.75, 3.05) is 11.4 Å². The summed E-state index contributed by atoms with van der Waals surface area (Å²) in [7, 11) is 0. The topological polar surface area (TPSA) is 86.3 Å². The molecule has 0 saturated heterocycles. The minimum absolute atomic E-state index is 0.320. The fourth-order valence-corrected chi connectivity index (χ4v) is 1.55. The molecule has 0 atom stereocenters. The lowest BCUT2D eigenvalue weighted by Crippen LogP contribution is -2.35. The Morgan fingerprint density at radius 2 is 2.00 bits per heavy atom. The maximum absolute atomic E-state index is 12.1. The molecule has 0 unspecified atom stereocenters. The summed E-state index contributed by atoms with van der Waals surface area (Å²) in [5.74, 6) is -1.48. The first-order valence-corrected chi connectivity index (χ1v) is 5.26. The number of carboxylic acids is 1. The number of hydrogen-bond donors (Lipinski definition) is 2. The van der Waals surface area contributed by atoms with Gasteiger partial charge in [-0.1, -0.05) is 18.2 Å². The van der Waals surface area contributed by atoms with E-state index in [1.165, 1.54) is 17.3 Å². The molecule has 18 heavy (non-hydrogen) atoms. The molecule has 6 nitrogen and oxygen atoms in total. The summed E-state index contributed by atoms with van der Waals surface area (Å²) in [5.41, 5.74) is 0.853. The number of nitrogens with zero attached hydrogens (tertiary/aromatic N) is 2. The number of carboxylic acid groups (broad SMARTS) is 1. The number of rotatable bonds is 4. The molecule has 0 saturated carbocycles. The Labute approximate surface area is 103 Å². The summed E-state index contributed by atoms with van der Waals surface area (Å²) in [6, 6.07) is 8.65. The van der Waals surface area contributed by atoms with Gasteiger partial charge in [0.15, 0.2) is 0 Å². The van der Waals surface area contributed by atoms with E-state index in [1.807, 2.05) is 0 Å². The summed E-state index contributed by atoms with van der Waals surface area (Å²) >= 11 is 0. The molecular formula is C12H11N3O3. The zero-order valence-electron chi connectivity index (χ0n) is 9.41. The van der Waals surface area contributed by atoms with Crippen molar-refractivity contribution in [3.05, 3.63) is 48.3 Å². The predicted molar refractivity (Wildman–Crippen MR) is 64.3 cm³/mol. The summed E-state index contributed by atoms with van der Waals surface area (Å²) in [6.07, 6.45) is 2.79. The van der Waals surface area contributed by atoms with E-state index in [1.54, 1.807) is 30.3 Å². The third-order valence-corrected chi connectivity index (χ3v) is 2.35. The van der Waals surface area contributed by atoms with Crippen LogP contribution >= 0.6 is 0 Å². The largest absolute Gasteiger partial charge is 0.480 e. The maximum atomic E-state index is 12.1. The van der Waals surface area contributed by atoms with Crippen molar-refractivity contribution < 1.29 is 14.7 Å². The van der Waals surface area contributed by atoms with Crippen LogP contribution in [-0.4, -0.2) is 33.7 Å². The van der Waals surface area contributed by atoms with Gasteiger partial charge in [-0.25, -0.2) is 0 Å². The number of aliphatic carboxylic acids is 1. The molecule has 1 aromatic carbocycles. The van der Waals surface area contributed by atoms with Gasteiger partial charge in [-0.2, -0.15) is 5.10 Å². The maximum Gasteiger partial charge on any atom is 0.323 e. The molecule has 2 aromatic rings. The molecule has 92 valence electrons. The van der Waals surface area contributed by atoms with Crippen LogP contribution in [0.1, 0.15) is 10.4 Å². The van der Waals surface area contributed by atoms with E-state index in [2.05, 4.69) is 10.2 Å². The van der Waals surface area contributed by atoms with Crippen molar-refractivity contribution in [2.24, 2.45) is 0 Å². The van der Waals surface area contributed by atoms with Crippen LogP contribution < -0.4 is 4.90 Å². The Morgan fingerprint density at radius 3 is 2.56 bits per heavy atom. The van der Waals surface area contributed by atoms with Crippen LogP contribution in [0, 0.1) is 0 Å². The van der Waals surface area contributed by atoms with Crippen LogP contribution in [-0.2, 0) is 4.79 Å². The average Bonchev–Trinajstić information content (AvgIpc) is 2.90. The van der Waals surface area contributed by atoms with Gasteiger partial charge in [0.25, 0.3) is 5.91 Å². The molecule has 1 heterocycles. The molecule has 0 bridgehead atoms. The van der Waals surface area contributed by atoms with Crippen LogP contribution in [0.25, 0.3) is 0 Å². The minimum atomic E-state index is -1.07. The van der Waals surface area contributed by atoms with Crippen molar-refractivity contribution in [1.82, 2.24) is 10.2 Å². The third-order valence-electron chi connectivity index (χ3n) is 2.35. The highest BCUT2D eigenvalue weighted by molar-refractivity contribution is 6.07. The number of carbonyl (C=O) groups excluding carboxylic acids is 1. The van der Waals surface area contributed by atoms with E-state index >= 15 is 0 Å². The smallest absolute Gasteiger partial charge is 0.323 e. The van der Waals surface area contributed by atoms with Crippen molar-refractivity contribution in [3.63, 3.8) is 0 Å². The second-order valence-electron chi connectivity index (χ2n) is 3.61. The highest BCUT2D eigenvalue weighted by Crippen LogP contribution is 2.16. The number of anilines is 1. The molecule has 0 aliphatic heterocycles. The van der Waals surface area contributed by atoms with Gasteiger partial charge in [0, 0.05) is 11.9 Å². The van der Waals surface area contributed by atoms with Gasteiger partial charge in [0.2, 0.25) is 0 Å². The molecule has 6 heteroatoms. The van der Waals surface area contributed by atoms with E-state index in [-0.39, 0.29) is 0 Å². The average molecular weight is 245 g/mol. The van der Waals surface area contributed by atoms with E-state index < -0.39 is 18.4 Å². The summed E-state index contributed by atoms with van der Waals surface area (Å²) in [6.45, 7) is -0.395. The zero-order valence-corrected chi connectivity index (χ0v) is 9.41. The summed E-state index contributed by atoms with van der Waals surface area (Å²) in [5, 5.41) is 15.1. The first-order valence-electron chi connectivity index (χ1n) is 5.26. The molecule has 0 aliphatic rings. The highest BCUT2D eigenvalue weighted by atomic mass is 16.4. The van der Waals surface area contributed by atoms with Crippen LogP contribution in [0.5, 0.6) is 0 Å². The van der Waals surface area contributed by atoms with Crippen LogP contribution in [0.3, 0.4) is 0 Å². The lowest BCUT2D eigenvalue weighted by Gasteiger charge is -2.19. The van der Waals surface area contributed by atoms with Gasteiger partial charge in [-0.05, 0) is 12.1 Å². The number of nitrogens with one attached hydrogen (secondary N) is 1. The van der Waals surface area contributed by atoms with Gasteiger partial charge in [-0.15, -0.1) is 0 Å². The minimum Gasteiger partial charge on any atom is -0.480 e. The molecule has 0 fully saturated rings. The quantitative estimate of drug-likeness (QED) is 0.845. The fourth-order valence-electron chi connectivity index (χ4n) is 1.55. The third kappa shape index (κ3) is 2.54. The zero-order chi connectivity index (χ0) is 13.0. The Morgan fingerprint density at radius 1 is 1.28 bits per heavy atom. The lowest BCUT2D eigenvalue weighted by atomic mass is 10.2. The lowest BCUT2D eigenvalue weighted by molar-refractivity contribution is -0.135. The van der Waals surface area contributed by atoms with Gasteiger partial charge in [0.05, 0.1) is 11.8 Å². The van der Waals surface area contributed by atoms with Crippen molar-refractivity contribution >= 4 is 17.6 Å². The van der Waals surface area contributed by atoms with E-state index in [4.69, 9.17) is 5.11 Å². The van der Waals surface area contributed by atoms with E-state index in [9.17, 15) is 9.59 Å². The number of aromatic nitrogens is 2. The second-order valence-corrected chi connectivity index (χ2v) is 3.61. The standard InChI is InChI=1S/C12H11N3O3/c16-11(17)8-15(10-4-2-1-3-5-10)12(18)9-6-13-14-7-9/h1-7H,8H2,(H,13,14)(H,16,17). The Kier molecular flexibility index (Phi) is 3.38. The van der Waals surface area contributed by atoms with Crippen molar-refractivity contribution in [3.8, 4) is 0 Å². The molecule has 0 aliphatic carbocycles. The number of H-pyrrole nitrogens is 1. The molecule has 2 N–H and O–H groups in total. The number of hydrogen-bond acceptors (Lipinski definition) is 3. The van der Waals surface area contributed by atoms with Crippen molar-refractivity contribution in [1.29, 1.82) is 0 Å². The molecule has 1 aromatic heterocycles. The van der Waals surface area contributed by atoms with Crippen LogP contribution in [0.2, 0.25) is 0 Å². The second kappa shape index (κ2) is 5.13. The van der Waals surface area contributed by atoms with Crippen LogP contribution in [0.4, 0.5) is 5.69 Å². The van der Waals surface area contributed by atoms with Crippen LogP contribution in [0.15, 0.2) is 42.7 Å². The Bertz CT molecular complexity index is 537. The van der Waals surface area contributed by atoms with Crippen molar-refractivity contribution in [2.45, 2.75) is 0 Å². The summed E-state index contributed by atoms with van der Waals surface area (Å²) < 4.78 is 0. The predicted octanol–water partition coefficient (Wildman–Crippen LogP) is 1.14. The van der Waals surface area contributed by atoms with Gasteiger partial charge in [-0.3, -0.25) is 19.6 Å². The SMILES string of the molecule is O=C(O)CN(C(=O)c1cn[nH]c1)c1ccccc1.